The molecule has 1 saturated heterocycles. The smallest absolute Gasteiger partial charge is 0.265 e. The summed E-state index contributed by atoms with van der Waals surface area (Å²) >= 11 is 0. The topological polar surface area (TPSA) is 71.1 Å². The lowest BCUT2D eigenvalue weighted by atomic mass is 10.1. The second-order valence-electron chi connectivity index (χ2n) is 7.88. The van der Waals surface area contributed by atoms with Gasteiger partial charge in [-0.25, -0.2) is 0 Å². The number of likely N-dealkylation sites (tertiary alicyclic amines) is 1. The summed E-state index contributed by atoms with van der Waals surface area (Å²) in [4.78, 5) is 29.0. The number of nitrogens with zero attached hydrogens (tertiary/aromatic N) is 2. The van der Waals surface area contributed by atoms with E-state index in [1.54, 1.807) is 11.0 Å². The van der Waals surface area contributed by atoms with E-state index in [0.29, 0.717) is 30.3 Å². The number of ether oxygens (including phenoxy) is 2. The van der Waals surface area contributed by atoms with Gasteiger partial charge in [-0.2, -0.15) is 0 Å². The molecular formula is C24H29N3O4. The summed E-state index contributed by atoms with van der Waals surface area (Å²) in [7, 11) is 0. The Hall–Kier alpha value is -3.06. The van der Waals surface area contributed by atoms with Gasteiger partial charge in [0.25, 0.3) is 5.91 Å². The zero-order valence-corrected chi connectivity index (χ0v) is 17.7. The lowest BCUT2D eigenvalue weighted by Gasteiger charge is -2.33. The van der Waals surface area contributed by atoms with Gasteiger partial charge in [0.15, 0.2) is 6.61 Å². The van der Waals surface area contributed by atoms with Crippen LogP contribution in [0, 0.1) is 0 Å². The molecule has 2 aromatic rings. The fourth-order valence-corrected chi connectivity index (χ4v) is 3.95. The lowest BCUT2D eigenvalue weighted by molar-refractivity contribution is -0.121. The third-order valence-corrected chi connectivity index (χ3v) is 5.62. The minimum absolute atomic E-state index is 0.0511. The molecule has 2 aromatic carbocycles. The molecular weight excluding hydrogens is 394 g/mol. The number of piperidine rings is 1. The number of rotatable bonds is 8. The van der Waals surface area contributed by atoms with E-state index in [9.17, 15) is 9.59 Å². The minimum Gasteiger partial charge on any atom is -0.493 e. The van der Waals surface area contributed by atoms with Crippen LogP contribution in [0.3, 0.4) is 0 Å². The van der Waals surface area contributed by atoms with Gasteiger partial charge in [-0.05, 0) is 56.3 Å². The Morgan fingerprint density at radius 2 is 1.84 bits per heavy atom. The first-order valence-electron chi connectivity index (χ1n) is 11.0. The van der Waals surface area contributed by atoms with Gasteiger partial charge < -0.3 is 24.6 Å². The van der Waals surface area contributed by atoms with Gasteiger partial charge in [0.2, 0.25) is 5.91 Å². The molecule has 0 bridgehead atoms. The SMILES string of the molecule is O=C(CCOc1ccccc1)Nc1ccc2c(c1)N(CCN1CCCCC1)C(=O)CO2. The average molecular weight is 424 g/mol. The van der Waals surface area contributed by atoms with Crippen LogP contribution in [-0.2, 0) is 9.59 Å². The molecule has 1 N–H and O–H groups in total. The van der Waals surface area contributed by atoms with E-state index in [1.807, 2.05) is 42.5 Å². The van der Waals surface area contributed by atoms with Crippen molar-refractivity contribution < 1.29 is 19.1 Å². The van der Waals surface area contributed by atoms with Gasteiger partial charge in [-0.3, -0.25) is 9.59 Å². The molecule has 0 aromatic heterocycles. The second-order valence-corrected chi connectivity index (χ2v) is 7.88. The highest BCUT2D eigenvalue weighted by molar-refractivity contribution is 5.99. The summed E-state index contributed by atoms with van der Waals surface area (Å²) in [6.45, 7) is 4.00. The maximum atomic E-state index is 12.5. The van der Waals surface area contributed by atoms with Crippen LogP contribution < -0.4 is 19.7 Å². The summed E-state index contributed by atoms with van der Waals surface area (Å²) in [6, 6.07) is 14.8. The van der Waals surface area contributed by atoms with Crippen molar-refractivity contribution in [2.45, 2.75) is 25.7 Å². The molecule has 7 heteroatoms. The first-order chi connectivity index (χ1) is 15.2. The summed E-state index contributed by atoms with van der Waals surface area (Å²) in [5.41, 5.74) is 1.36. The molecule has 2 aliphatic heterocycles. The summed E-state index contributed by atoms with van der Waals surface area (Å²) in [5, 5.41) is 2.90. The first kappa shape index (κ1) is 21.2. The lowest BCUT2D eigenvalue weighted by Crippen LogP contribution is -2.44. The van der Waals surface area contributed by atoms with E-state index >= 15 is 0 Å². The molecule has 31 heavy (non-hydrogen) atoms. The van der Waals surface area contributed by atoms with Crippen molar-refractivity contribution in [3.05, 3.63) is 48.5 Å². The molecule has 7 nitrogen and oxygen atoms in total. The number of carbonyl (C=O) groups is 2. The van der Waals surface area contributed by atoms with E-state index in [1.165, 1.54) is 19.3 Å². The van der Waals surface area contributed by atoms with Crippen molar-refractivity contribution in [2.75, 3.05) is 49.6 Å². The van der Waals surface area contributed by atoms with Crippen LogP contribution in [0.15, 0.2) is 48.5 Å². The normalized spacial score (nSPS) is 16.4. The van der Waals surface area contributed by atoms with Crippen LogP contribution in [0.1, 0.15) is 25.7 Å². The van der Waals surface area contributed by atoms with Crippen molar-refractivity contribution in [2.24, 2.45) is 0 Å². The number of nitrogens with one attached hydrogen (secondary N) is 1. The number of carbonyl (C=O) groups excluding carboxylic acids is 2. The number of anilines is 2. The van der Waals surface area contributed by atoms with Crippen LogP contribution in [-0.4, -0.2) is 56.1 Å². The van der Waals surface area contributed by atoms with Crippen LogP contribution in [0.2, 0.25) is 0 Å². The fourth-order valence-electron chi connectivity index (χ4n) is 3.95. The largest absolute Gasteiger partial charge is 0.493 e. The standard InChI is InChI=1S/C24H29N3O4/c28-23(11-16-30-20-7-3-1-4-8-20)25-19-9-10-22-21(17-19)27(24(29)18-31-22)15-14-26-12-5-2-6-13-26/h1,3-4,7-10,17H,2,5-6,11-16,18H2,(H,25,28). The molecule has 0 spiro atoms. The first-order valence-corrected chi connectivity index (χ1v) is 11.0. The van der Waals surface area contributed by atoms with Crippen LogP contribution in [0.4, 0.5) is 11.4 Å². The monoisotopic (exact) mass is 423 g/mol. The third-order valence-electron chi connectivity index (χ3n) is 5.62. The van der Waals surface area contributed by atoms with Gasteiger partial charge in [0.1, 0.15) is 11.5 Å². The predicted molar refractivity (Wildman–Crippen MR) is 120 cm³/mol. The third kappa shape index (κ3) is 5.76. The number of amides is 2. The molecule has 164 valence electrons. The van der Waals surface area contributed by atoms with Crippen molar-refractivity contribution in [1.82, 2.24) is 4.90 Å². The average Bonchev–Trinajstić information content (AvgIpc) is 2.80. The number of fused-ring (bicyclic) bond motifs is 1. The summed E-state index contributed by atoms with van der Waals surface area (Å²) < 4.78 is 11.2. The number of benzene rings is 2. The Labute approximate surface area is 182 Å². The summed E-state index contributed by atoms with van der Waals surface area (Å²) in [5.74, 6) is 1.22. The molecule has 2 aliphatic rings. The quantitative estimate of drug-likeness (QED) is 0.705. The molecule has 0 saturated carbocycles. The number of hydrogen-bond acceptors (Lipinski definition) is 5. The number of hydrogen-bond donors (Lipinski definition) is 1. The zero-order valence-electron chi connectivity index (χ0n) is 17.7. The zero-order chi connectivity index (χ0) is 21.5. The number of para-hydroxylation sites is 1. The van der Waals surface area contributed by atoms with E-state index in [2.05, 4.69) is 10.2 Å². The molecule has 0 unspecified atom stereocenters. The Balaban J connectivity index is 1.34. The Morgan fingerprint density at radius 3 is 2.65 bits per heavy atom. The van der Waals surface area contributed by atoms with Crippen molar-refractivity contribution in [3.8, 4) is 11.5 Å². The van der Waals surface area contributed by atoms with Gasteiger partial charge in [-0.15, -0.1) is 0 Å². The van der Waals surface area contributed by atoms with Crippen LogP contribution in [0.5, 0.6) is 11.5 Å². The van der Waals surface area contributed by atoms with Crippen LogP contribution >= 0.6 is 0 Å². The molecule has 2 heterocycles. The van der Waals surface area contributed by atoms with E-state index in [-0.39, 0.29) is 24.8 Å². The molecule has 2 amide bonds. The predicted octanol–water partition coefficient (Wildman–Crippen LogP) is 3.31. The van der Waals surface area contributed by atoms with Gasteiger partial charge in [0.05, 0.1) is 18.7 Å². The van der Waals surface area contributed by atoms with Gasteiger partial charge in [-0.1, -0.05) is 24.6 Å². The van der Waals surface area contributed by atoms with Crippen molar-refractivity contribution in [3.63, 3.8) is 0 Å². The molecule has 0 aliphatic carbocycles. The molecule has 0 radical (unpaired) electrons. The maximum Gasteiger partial charge on any atom is 0.265 e. The Kier molecular flexibility index (Phi) is 7.04. The second kappa shape index (κ2) is 10.3. The maximum absolute atomic E-state index is 12.5. The molecule has 4 rings (SSSR count). The Morgan fingerprint density at radius 1 is 1.03 bits per heavy atom. The highest BCUT2D eigenvalue weighted by Gasteiger charge is 2.26. The van der Waals surface area contributed by atoms with Gasteiger partial charge >= 0.3 is 0 Å². The van der Waals surface area contributed by atoms with E-state index < -0.39 is 0 Å². The van der Waals surface area contributed by atoms with Crippen molar-refractivity contribution in [1.29, 1.82) is 0 Å². The highest BCUT2D eigenvalue weighted by atomic mass is 16.5. The minimum atomic E-state index is -0.140. The van der Waals surface area contributed by atoms with E-state index in [0.717, 1.165) is 25.4 Å². The van der Waals surface area contributed by atoms with Crippen molar-refractivity contribution >= 4 is 23.2 Å². The highest BCUT2D eigenvalue weighted by Crippen LogP contribution is 2.34. The Bertz CT molecular complexity index is 897. The van der Waals surface area contributed by atoms with Gasteiger partial charge in [0, 0.05) is 18.8 Å². The molecule has 0 atom stereocenters. The van der Waals surface area contributed by atoms with E-state index in [4.69, 9.17) is 9.47 Å². The fraction of sp³-hybridized carbons (Fsp3) is 0.417. The molecule has 1 fully saturated rings. The van der Waals surface area contributed by atoms with Crippen LogP contribution in [0.25, 0.3) is 0 Å². The summed E-state index contributed by atoms with van der Waals surface area (Å²) in [6.07, 6.45) is 3.96.